The van der Waals surface area contributed by atoms with Crippen LogP contribution in [0.3, 0.4) is 0 Å². The summed E-state index contributed by atoms with van der Waals surface area (Å²) in [5, 5.41) is 2.47. The average molecular weight is 272 g/mol. The van der Waals surface area contributed by atoms with E-state index >= 15 is 0 Å². The Hall–Kier alpha value is -1.51. The highest BCUT2D eigenvalue weighted by molar-refractivity contribution is 7.14. The molecule has 0 fully saturated rings. The van der Waals surface area contributed by atoms with Gasteiger partial charge >= 0.3 is 0 Å². The Bertz CT molecular complexity index is 421. The van der Waals surface area contributed by atoms with Crippen molar-refractivity contribution < 1.29 is 14.4 Å². The summed E-state index contributed by atoms with van der Waals surface area (Å²) < 4.78 is 0. The SMILES string of the molecule is CCN(C(C)=O)c1nc(CNOCC(N)=O)cs1. The maximum Gasteiger partial charge on any atom is 0.245 e. The van der Waals surface area contributed by atoms with E-state index in [-0.39, 0.29) is 12.5 Å². The smallest absolute Gasteiger partial charge is 0.245 e. The van der Waals surface area contributed by atoms with Gasteiger partial charge in [0.1, 0.15) is 6.61 Å². The third-order valence-corrected chi connectivity index (χ3v) is 2.95. The van der Waals surface area contributed by atoms with Gasteiger partial charge in [0.05, 0.1) is 12.2 Å². The molecular formula is C10H16N4O3S. The van der Waals surface area contributed by atoms with E-state index in [0.717, 1.165) is 5.69 Å². The highest BCUT2D eigenvalue weighted by Crippen LogP contribution is 2.20. The standard InChI is InChI=1S/C10H16N4O3S/c1-3-14(7(2)15)10-13-8(6-18-10)4-12-17-5-9(11)16/h6,12H,3-5H2,1-2H3,(H2,11,16). The number of aromatic nitrogens is 1. The normalized spacial score (nSPS) is 10.3. The molecule has 0 unspecified atom stereocenters. The first-order chi connectivity index (χ1) is 8.54. The second-order valence-corrected chi connectivity index (χ2v) is 4.30. The molecular weight excluding hydrogens is 256 g/mol. The molecule has 0 aromatic carbocycles. The Morgan fingerprint density at radius 1 is 1.61 bits per heavy atom. The Kier molecular flexibility index (Phi) is 5.69. The molecule has 0 aliphatic rings. The third kappa shape index (κ3) is 4.40. The highest BCUT2D eigenvalue weighted by Gasteiger charge is 2.13. The molecule has 1 aromatic heterocycles. The molecule has 1 rings (SSSR count). The van der Waals surface area contributed by atoms with Crippen molar-refractivity contribution in [3.05, 3.63) is 11.1 Å². The van der Waals surface area contributed by atoms with Gasteiger partial charge in [0.15, 0.2) is 5.13 Å². The summed E-state index contributed by atoms with van der Waals surface area (Å²) in [5.74, 6) is -0.591. The number of carbonyl (C=O) groups is 2. The molecule has 1 heterocycles. The van der Waals surface area contributed by atoms with E-state index < -0.39 is 5.91 Å². The van der Waals surface area contributed by atoms with Crippen LogP contribution in [0.25, 0.3) is 0 Å². The molecule has 2 amide bonds. The number of nitrogens with two attached hydrogens (primary N) is 1. The molecule has 0 radical (unpaired) electrons. The number of anilines is 1. The monoisotopic (exact) mass is 272 g/mol. The first-order valence-corrected chi connectivity index (χ1v) is 6.28. The molecule has 3 N–H and O–H groups in total. The zero-order valence-electron chi connectivity index (χ0n) is 10.3. The lowest BCUT2D eigenvalue weighted by molar-refractivity contribution is -0.125. The molecule has 100 valence electrons. The first kappa shape index (κ1) is 14.6. The van der Waals surface area contributed by atoms with Gasteiger partial charge in [-0.1, -0.05) is 0 Å². The summed E-state index contributed by atoms with van der Waals surface area (Å²) in [6, 6.07) is 0. The van der Waals surface area contributed by atoms with Crippen molar-refractivity contribution in [2.45, 2.75) is 20.4 Å². The predicted octanol–water partition coefficient (Wildman–Crippen LogP) is 0.0224. The topological polar surface area (TPSA) is 97.6 Å². The van der Waals surface area contributed by atoms with Gasteiger partial charge in [-0.25, -0.2) is 4.98 Å². The van der Waals surface area contributed by atoms with E-state index in [1.165, 1.54) is 18.3 Å². The van der Waals surface area contributed by atoms with Crippen LogP contribution in [0.5, 0.6) is 0 Å². The van der Waals surface area contributed by atoms with E-state index in [2.05, 4.69) is 10.5 Å². The number of primary amides is 1. The van der Waals surface area contributed by atoms with Gasteiger partial charge in [-0.05, 0) is 6.92 Å². The summed E-state index contributed by atoms with van der Waals surface area (Å²) in [6.07, 6.45) is 0. The zero-order chi connectivity index (χ0) is 13.5. The molecule has 0 saturated heterocycles. The van der Waals surface area contributed by atoms with Crippen LogP contribution in [0.15, 0.2) is 5.38 Å². The third-order valence-electron chi connectivity index (χ3n) is 2.04. The molecule has 0 aliphatic heterocycles. The van der Waals surface area contributed by atoms with Gasteiger partial charge < -0.3 is 5.73 Å². The maximum absolute atomic E-state index is 11.3. The number of nitrogens with zero attached hydrogens (tertiary/aromatic N) is 2. The molecule has 0 aliphatic carbocycles. The van der Waals surface area contributed by atoms with Crippen molar-refractivity contribution in [2.24, 2.45) is 5.73 Å². The van der Waals surface area contributed by atoms with Gasteiger partial charge in [-0.2, -0.15) is 5.48 Å². The number of rotatable bonds is 7. The van der Waals surface area contributed by atoms with E-state index in [4.69, 9.17) is 10.6 Å². The number of thiazole rings is 1. The van der Waals surface area contributed by atoms with Crippen molar-refractivity contribution in [2.75, 3.05) is 18.1 Å². The van der Waals surface area contributed by atoms with Crippen molar-refractivity contribution in [3.8, 4) is 0 Å². The molecule has 8 heteroatoms. The summed E-state index contributed by atoms with van der Waals surface area (Å²) in [7, 11) is 0. The van der Waals surface area contributed by atoms with Crippen LogP contribution in [-0.4, -0.2) is 29.9 Å². The first-order valence-electron chi connectivity index (χ1n) is 5.40. The van der Waals surface area contributed by atoms with Crippen LogP contribution in [0.4, 0.5) is 5.13 Å². The van der Waals surface area contributed by atoms with Gasteiger partial charge in [0, 0.05) is 18.8 Å². The fourth-order valence-electron chi connectivity index (χ4n) is 1.24. The van der Waals surface area contributed by atoms with Crippen LogP contribution in [0.1, 0.15) is 19.5 Å². The number of hydrogen-bond acceptors (Lipinski definition) is 6. The lowest BCUT2D eigenvalue weighted by Gasteiger charge is -2.14. The predicted molar refractivity (Wildman–Crippen MR) is 67.8 cm³/mol. The fraction of sp³-hybridized carbons (Fsp3) is 0.500. The van der Waals surface area contributed by atoms with Crippen molar-refractivity contribution in [1.29, 1.82) is 0 Å². The van der Waals surface area contributed by atoms with Crippen LogP contribution >= 0.6 is 11.3 Å². The number of amides is 2. The minimum absolute atomic E-state index is 0.0451. The number of hydroxylamine groups is 1. The lowest BCUT2D eigenvalue weighted by Crippen LogP contribution is -2.28. The maximum atomic E-state index is 11.3. The Morgan fingerprint density at radius 3 is 2.89 bits per heavy atom. The van der Waals surface area contributed by atoms with Gasteiger partial charge in [-0.15, -0.1) is 11.3 Å². The van der Waals surface area contributed by atoms with Crippen molar-refractivity contribution in [3.63, 3.8) is 0 Å². The number of carbonyl (C=O) groups excluding carboxylic acids is 2. The van der Waals surface area contributed by atoms with Gasteiger partial charge in [0.25, 0.3) is 0 Å². The van der Waals surface area contributed by atoms with Crippen LogP contribution in [0.2, 0.25) is 0 Å². The Labute approximate surface area is 109 Å². The summed E-state index contributed by atoms with van der Waals surface area (Å²) in [5.41, 5.74) is 8.21. The molecule has 0 bridgehead atoms. The summed E-state index contributed by atoms with van der Waals surface area (Å²) >= 11 is 1.38. The van der Waals surface area contributed by atoms with E-state index in [9.17, 15) is 9.59 Å². The minimum Gasteiger partial charge on any atom is -0.368 e. The molecule has 7 nitrogen and oxygen atoms in total. The Balaban J connectivity index is 2.47. The Morgan fingerprint density at radius 2 is 2.33 bits per heavy atom. The van der Waals surface area contributed by atoms with Crippen LogP contribution in [-0.2, 0) is 21.0 Å². The second kappa shape index (κ2) is 7.04. The molecule has 0 saturated carbocycles. The van der Waals surface area contributed by atoms with Crippen LogP contribution in [0, 0.1) is 0 Å². The zero-order valence-corrected chi connectivity index (χ0v) is 11.1. The van der Waals surface area contributed by atoms with E-state index in [1.54, 1.807) is 4.90 Å². The number of nitrogens with one attached hydrogen (secondary N) is 1. The lowest BCUT2D eigenvalue weighted by atomic mass is 10.5. The fourth-order valence-corrected chi connectivity index (χ4v) is 2.17. The highest BCUT2D eigenvalue weighted by atomic mass is 32.1. The van der Waals surface area contributed by atoms with Crippen molar-refractivity contribution in [1.82, 2.24) is 10.5 Å². The van der Waals surface area contributed by atoms with Gasteiger partial charge in [-0.3, -0.25) is 19.3 Å². The van der Waals surface area contributed by atoms with Crippen molar-refractivity contribution >= 4 is 28.3 Å². The second-order valence-electron chi connectivity index (χ2n) is 3.46. The summed E-state index contributed by atoms with van der Waals surface area (Å²) in [4.78, 5) is 32.4. The molecule has 1 aromatic rings. The minimum atomic E-state index is -0.546. The van der Waals surface area contributed by atoms with Crippen LogP contribution < -0.4 is 16.1 Å². The molecule has 0 atom stereocenters. The molecule has 18 heavy (non-hydrogen) atoms. The molecule has 0 spiro atoms. The summed E-state index contributed by atoms with van der Waals surface area (Å²) in [6.45, 7) is 4.12. The van der Waals surface area contributed by atoms with Gasteiger partial charge in [0.2, 0.25) is 11.8 Å². The number of hydrogen-bond donors (Lipinski definition) is 2. The quantitative estimate of drug-likeness (QED) is 0.539. The van der Waals surface area contributed by atoms with E-state index in [1.807, 2.05) is 12.3 Å². The average Bonchev–Trinajstić information content (AvgIpc) is 2.73. The largest absolute Gasteiger partial charge is 0.368 e. The van der Waals surface area contributed by atoms with E-state index in [0.29, 0.717) is 18.2 Å².